The number of benzene rings is 2. The third-order valence-corrected chi connectivity index (χ3v) is 9.34. The van der Waals surface area contributed by atoms with Crippen molar-refractivity contribution in [3.05, 3.63) is 79.0 Å². The van der Waals surface area contributed by atoms with Crippen molar-refractivity contribution in [3.8, 4) is 11.5 Å². The molecule has 1 aliphatic heterocycles. The predicted octanol–water partition coefficient (Wildman–Crippen LogP) is 8.50. The molecule has 0 N–H and O–H groups in total. The highest BCUT2D eigenvalue weighted by Gasteiger charge is 2.48. The van der Waals surface area contributed by atoms with Crippen LogP contribution in [0.5, 0.6) is 11.5 Å². The van der Waals surface area contributed by atoms with Gasteiger partial charge in [0.1, 0.15) is 6.61 Å². The summed E-state index contributed by atoms with van der Waals surface area (Å²) >= 11 is 7.21. The molecule has 0 spiro atoms. The van der Waals surface area contributed by atoms with Crippen LogP contribution in [0.1, 0.15) is 77.3 Å². The van der Waals surface area contributed by atoms with Gasteiger partial charge in [-0.3, -0.25) is 9.59 Å². The summed E-state index contributed by atoms with van der Waals surface area (Å²) in [6.45, 7) is 11.9. The van der Waals surface area contributed by atoms with Crippen LogP contribution in [-0.2, 0) is 16.2 Å². The molecular formula is C33H37Br2NO4. The molecule has 5 rings (SSSR count). The Morgan fingerprint density at radius 2 is 1.43 bits per heavy atom. The molecule has 212 valence electrons. The van der Waals surface area contributed by atoms with Gasteiger partial charge in [-0.25, -0.2) is 0 Å². The number of ether oxygens (including phenoxy) is 2. The Balaban J connectivity index is 1.64. The first kappa shape index (κ1) is 29.1. The maximum atomic E-state index is 13.9. The van der Waals surface area contributed by atoms with Crippen LogP contribution in [0, 0.1) is 10.8 Å². The second kappa shape index (κ2) is 10.8. The van der Waals surface area contributed by atoms with Crippen molar-refractivity contribution in [2.45, 2.75) is 72.8 Å². The second-order valence-corrected chi connectivity index (χ2v) is 14.5. The number of carbonyl (C=O) groups excluding carboxylic acids is 2. The second-order valence-electron chi connectivity index (χ2n) is 12.7. The molecule has 5 nitrogen and oxygen atoms in total. The van der Waals surface area contributed by atoms with Crippen molar-refractivity contribution in [2.75, 3.05) is 13.7 Å². The quantitative estimate of drug-likeness (QED) is 0.309. The molecule has 0 radical (unpaired) electrons. The van der Waals surface area contributed by atoms with Crippen molar-refractivity contribution >= 4 is 43.4 Å². The standard InChI is InChI=1S/C33H37Br2NO4/c1-7-36-23-14-32(2,3)16-25(37)29(23)28(30-24(36)15-33(4,5)17-26(30)38)20-12-22(35)31(27(13-20)39-6)40-18-19-8-10-21(34)11-9-19/h8-13,28H,7,14-18H2,1-6H3. The van der Waals surface area contributed by atoms with E-state index in [0.29, 0.717) is 30.9 Å². The fourth-order valence-electron chi connectivity index (χ4n) is 6.55. The van der Waals surface area contributed by atoms with E-state index >= 15 is 0 Å². The lowest BCUT2D eigenvalue weighted by molar-refractivity contribution is -0.119. The number of nitrogens with zero attached hydrogens (tertiary/aromatic N) is 1. The largest absolute Gasteiger partial charge is 0.493 e. The van der Waals surface area contributed by atoms with E-state index in [1.165, 1.54) is 0 Å². The van der Waals surface area contributed by atoms with Gasteiger partial charge < -0.3 is 14.4 Å². The first-order chi connectivity index (χ1) is 18.8. The highest BCUT2D eigenvalue weighted by molar-refractivity contribution is 9.10. The molecule has 1 heterocycles. The van der Waals surface area contributed by atoms with E-state index in [1.807, 2.05) is 36.4 Å². The summed E-state index contributed by atoms with van der Waals surface area (Å²) in [7, 11) is 1.62. The van der Waals surface area contributed by atoms with Crippen LogP contribution in [0.2, 0.25) is 0 Å². The van der Waals surface area contributed by atoms with Gasteiger partial charge >= 0.3 is 0 Å². The number of hydrogen-bond donors (Lipinski definition) is 0. The minimum Gasteiger partial charge on any atom is -0.493 e. The number of rotatable bonds is 6. The molecule has 0 fully saturated rings. The zero-order valence-corrected chi connectivity index (χ0v) is 27.3. The molecular weight excluding hydrogens is 634 g/mol. The average Bonchev–Trinajstić information content (AvgIpc) is 2.86. The highest BCUT2D eigenvalue weighted by atomic mass is 79.9. The predicted molar refractivity (Wildman–Crippen MR) is 164 cm³/mol. The minimum absolute atomic E-state index is 0.129. The summed E-state index contributed by atoms with van der Waals surface area (Å²) in [6, 6.07) is 11.9. The lowest BCUT2D eigenvalue weighted by Gasteiger charge is -2.49. The fraction of sp³-hybridized carbons (Fsp3) is 0.455. The normalized spacial score (nSPS) is 20.4. The summed E-state index contributed by atoms with van der Waals surface area (Å²) < 4.78 is 13.8. The molecule has 0 amide bonds. The number of hydrogen-bond acceptors (Lipinski definition) is 5. The van der Waals surface area contributed by atoms with Crippen molar-refractivity contribution in [1.29, 1.82) is 0 Å². The van der Waals surface area contributed by atoms with Gasteiger partial charge in [-0.15, -0.1) is 0 Å². The highest BCUT2D eigenvalue weighted by Crippen LogP contribution is 2.55. The first-order valence-electron chi connectivity index (χ1n) is 13.9. The van der Waals surface area contributed by atoms with Gasteiger partial charge in [-0.05, 0) is 81.9 Å². The average molecular weight is 671 g/mol. The van der Waals surface area contributed by atoms with E-state index in [0.717, 1.165) is 62.0 Å². The Kier molecular flexibility index (Phi) is 7.86. The number of allylic oxidation sites excluding steroid dienone is 4. The summed E-state index contributed by atoms with van der Waals surface area (Å²) in [5, 5.41) is 0. The van der Waals surface area contributed by atoms with Crippen molar-refractivity contribution in [1.82, 2.24) is 4.90 Å². The molecule has 0 atom stereocenters. The molecule has 2 aromatic carbocycles. The molecule has 0 bridgehead atoms. The molecule has 0 unspecified atom stereocenters. The van der Waals surface area contributed by atoms with Crippen molar-refractivity contribution < 1.29 is 19.1 Å². The molecule has 2 aromatic rings. The van der Waals surface area contributed by atoms with Crippen LogP contribution >= 0.6 is 31.9 Å². The van der Waals surface area contributed by atoms with Crippen molar-refractivity contribution in [3.63, 3.8) is 0 Å². The molecule has 0 saturated heterocycles. The van der Waals surface area contributed by atoms with Gasteiger partial charge in [0.15, 0.2) is 23.1 Å². The van der Waals surface area contributed by atoms with Gasteiger partial charge in [0.25, 0.3) is 0 Å². The van der Waals surface area contributed by atoms with E-state index < -0.39 is 5.92 Å². The third kappa shape index (κ3) is 5.44. The molecule has 2 aliphatic carbocycles. The lowest BCUT2D eigenvalue weighted by atomic mass is 9.63. The molecule has 3 aliphatic rings. The maximum absolute atomic E-state index is 13.9. The number of Topliss-reactive ketones (excluding diaryl/α,β-unsaturated/α-hetero) is 2. The van der Waals surface area contributed by atoms with Crippen LogP contribution in [0.3, 0.4) is 0 Å². The van der Waals surface area contributed by atoms with Gasteiger partial charge in [0.05, 0.1) is 11.6 Å². The Morgan fingerprint density at radius 3 is 1.93 bits per heavy atom. The van der Waals surface area contributed by atoms with Gasteiger partial charge in [0, 0.05) is 52.3 Å². The first-order valence-corrected chi connectivity index (χ1v) is 15.5. The number of carbonyl (C=O) groups is 2. The van der Waals surface area contributed by atoms with Crippen LogP contribution in [-0.4, -0.2) is 30.1 Å². The Morgan fingerprint density at radius 1 is 0.875 bits per heavy atom. The smallest absolute Gasteiger partial charge is 0.175 e. The number of methoxy groups -OCH3 is 1. The van der Waals surface area contributed by atoms with E-state index in [1.54, 1.807) is 7.11 Å². The third-order valence-electron chi connectivity index (χ3n) is 8.22. The Hall–Kier alpha value is -2.38. The molecule has 0 aromatic heterocycles. The monoisotopic (exact) mass is 669 g/mol. The number of halogens is 2. The van der Waals surface area contributed by atoms with E-state index in [9.17, 15) is 9.59 Å². The van der Waals surface area contributed by atoms with Crippen LogP contribution in [0.15, 0.2) is 67.9 Å². The van der Waals surface area contributed by atoms with E-state index in [4.69, 9.17) is 9.47 Å². The Bertz CT molecular complexity index is 1380. The minimum atomic E-state index is -0.425. The molecule has 40 heavy (non-hydrogen) atoms. The van der Waals surface area contributed by atoms with Gasteiger partial charge in [-0.2, -0.15) is 0 Å². The van der Waals surface area contributed by atoms with Crippen LogP contribution in [0.25, 0.3) is 0 Å². The zero-order valence-electron chi connectivity index (χ0n) is 24.1. The van der Waals surface area contributed by atoms with E-state index in [-0.39, 0.29) is 22.4 Å². The van der Waals surface area contributed by atoms with Crippen LogP contribution < -0.4 is 9.47 Å². The fourth-order valence-corrected chi connectivity index (χ4v) is 7.38. The maximum Gasteiger partial charge on any atom is 0.175 e. The summed E-state index contributed by atoms with van der Waals surface area (Å²) in [4.78, 5) is 30.1. The summed E-state index contributed by atoms with van der Waals surface area (Å²) in [5.74, 6) is 0.992. The molecule has 0 saturated carbocycles. The summed E-state index contributed by atoms with van der Waals surface area (Å²) in [6.07, 6.45) is 2.54. The lowest BCUT2D eigenvalue weighted by Crippen LogP contribution is -2.44. The zero-order chi connectivity index (χ0) is 29.0. The van der Waals surface area contributed by atoms with Gasteiger partial charge in [-0.1, -0.05) is 55.8 Å². The topological polar surface area (TPSA) is 55.8 Å². The van der Waals surface area contributed by atoms with Crippen molar-refractivity contribution in [2.24, 2.45) is 10.8 Å². The molecule has 7 heteroatoms. The van der Waals surface area contributed by atoms with E-state index in [2.05, 4.69) is 71.4 Å². The number of ketones is 2. The Labute approximate surface area is 254 Å². The van der Waals surface area contributed by atoms with Crippen LogP contribution in [0.4, 0.5) is 0 Å². The van der Waals surface area contributed by atoms with Gasteiger partial charge in [0.2, 0.25) is 0 Å². The summed E-state index contributed by atoms with van der Waals surface area (Å²) in [5.41, 5.74) is 5.31. The SMILES string of the molecule is CCN1C2=C(C(=O)CC(C)(C)C2)C(c2cc(Br)c(OCc3ccc(Br)cc3)c(OC)c2)C2=C1CC(C)(C)CC2=O.